The minimum atomic E-state index is -0.525. The summed E-state index contributed by atoms with van der Waals surface area (Å²) in [5.74, 6) is 0. The summed E-state index contributed by atoms with van der Waals surface area (Å²) in [4.78, 5) is 9.91. The van der Waals surface area contributed by atoms with E-state index in [1.165, 1.54) is 0 Å². The van der Waals surface area contributed by atoms with Crippen LogP contribution in [0.4, 0.5) is 4.79 Å². The van der Waals surface area contributed by atoms with Crippen molar-refractivity contribution in [2.24, 2.45) is 5.73 Å². The maximum absolute atomic E-state index is 9.91. The van der Waals surface area contributed by atoms with Crippen LogP contribution in [0.25, 0.3) is 0 Å². The predicted octanol–water partition coefficient (Wildman–Crippen LogP) is -0.168. The second-order valence-electron chi connectivity index (χ2n) is 1.70. The van der Waals surface area contributed by atoms with Crippen LogP contribution >= 0.6 is 0 Å². The van der Waals surface area contributed by atoms with Crippen molar-refractivity contribution in [1.29, 1.82) is 0 Å². The summed E-state index contributed by atoms with van der Waals surface area (Å²) < 4.78 is 0. The van der Waals surface area contributed by atoms with Crippen molar-refractivity contribution >= 4 is 6.03 Å². The van der Waals surface area contributed by atoms with E-state index in [1.807, 2.05) is 0 Å². The quantitative estimate of drug-likeness (QED) is 0.487. The molecule has 0 saturated heterocycles. The molecule has 0 unspecified atom stereocenters. The SMILES string of the molecule is NC(=O)[N]C1CC1. The summed E-state index contributed by atoms with van der Waals surface area (Å²) in [5, 5.41) is 3.53. The van der Waals surface area contributed by atoms with Gasteiger partial charge in [-0.25, -0.2) is 10.1 Å². The van der Waals surface area contributed by atoms with Gasteiger partial charge >= 0.3 is 6.03 Å². The monoisotopic (exact) mass is 99.1 g/mol. The number of hydrogen-bond donors (Lipinski definition) is 1. The van der Waals surface area contributed by atoms with Crippen LogP contribution in [-0.2, 0) is 0 Å². The highest BCUT2D eigenvalue weighted by Crippen LogP contribution is 2.19. The highest BCUT2D eigenvalue weighted by atomic mass is 16.2. The van der Waals surface area contributed by atoms with Crippen LogP contribution in [0.2, 0.25) is 0 Å². The Labute approximate surface area is 41.9 Å². The average Bonchev–Trinajstić information content (AvgIpc) is 2.17. The van der Waals surface area contributed by atoms with Gasteiger partial charge in [0.15, 0.2) is 0 Å². The molecule has 0 atom stereocenters. The third kappa shape index (κ3) is 1.43. The summed E-state index contributed by atoms with van der Waals surface area (Å²) >= 11 is 0. The summed E-state index contributed by atoms with van der Waals surface area (Å²) in [6, 6.07) is -0.250. The van der Waals surface area contributed by atoms with Crippen molar-refractivity contribution in [1.82, 2.24) is 5.32 Å². The minimum Gasteiger partial charge on any atom is -0.350 e. The molecule has 0 bridgehead atoms. The molecule has 0 aromatic rings. The maximum Gasteiger partial charge on any atom is 0.334 e. The van der Waals surface area contributed by atoms with Crippen LogP contribution in [0.15, 0.2) is 0 Å². The molecule has 1 aliphatic carbocycles. The molecule has 7 heavy (non-hydrogen) atoms. The summed E-state index contributed by atoms with van der Waals surface area (Å²) in [6.07, 6.45) is 2.09. The number of rotatable bonds is 1. The fraction of sp³-hybridized carbons (Fsp3) is 0.750. The normalized spacial score (nSPS) is 18.9. The van der Waals surface area contributed by atoms with Crippen molar-refractivity contribution < 1.29 is 4.79 Å². The van der Waals surface area contributed by atoms with Gasteiger partial charge < -0.3 is 5.73 Å². The lowest BCUT2D eigenvalue weighted by molar-refractivity contribution is 0.248. The van der Waals surface area contributed by atoms with Crippen molar-refractivity contribution in [3.8, 4) is 0 Å². The molecule has 1 saturated carbocycles. The van der Waals surface area contributed by atoms with Gasteiger partial charge in [-0.05, 0) is 12.8 Å². The number of hydrogen-bond acceptors (Lipinski definition) is 1. The molecule has 0 heterocycles. The van der Waals surface area contributed by atoms with Gasteiger partial charge in [0.1, 0.15) is 0 Å². The molecule has 1 rings (SSSR count). The van der Waals surface area contributed by atoms with Gasteiger partial charge in [-0.15, -0.1) is 0 Å². The molecule has 1 radical (unpaired) electrons. The van der Waals surface area contributed by atoms with Crippen LogP contribution in [0.3, 0.4) is 0 Å². The summed E-state index contributed by atoms with van der Waals surface area (Å²) in [5.41, 5.74) is 4.73. The molecule has 39 valence electrons. The predicted molar refractivity (Wildman–Crippen MR) is 24.7 cm³/mol. The second kappa shape index (κ2) is 1.40. The van der Waals surface area contributed by atoms with E-state index >= 15 is 0 Å². The first-order valence-electron chi connectivity index (χ1n) is 2.29. The zero-order valence-corrected chi connectivity index (χ0v) is 3.92. The molecule has 0 spiro atoms. The molecule has 0 aliphatic heterocycles. The first-order chi connectivity index (χ1) is 3.29. The zero-order chi connectivity index (χ0) is 5.28. The lowest BCUT2D eigenvalue weighted by atomic mass is 10.7. The van der Waals surface area contributed by atoms with Gasteiger partial charge in [-0.3, -0.25) is 0 Å². The van der Waals surface area contributed by atoms with Crippen molar-refractivity contribution in [3.05, 3.63) is 0 Å². The number of carbonyl (C=O) groups excluding carboxylic acids is 1. The molecule has 0 aromatic carbocycles. The van der Waals surface area contributed by atoms with E-state index in [4.69, 9.17) is 5.73 Å². The Hall–Kier alpha value is -0.730. The smallest absolute Gasteiger partial charge is 0.334 e. The van der Waals surface area contributed by atoms with Crippen LogP contribution in [-0.4, -0.2) is 12.1 Å². The average molecular weight is 99.1 g/mol. The van der Waals surface area contributed by atoms with Gasteiger partial charge in [-0.2, -0.15) is 0 Å². The second-order valence-corrected chi connectivity index (χ2v) is 1.70. The molecule has 1 fully saturated rings. The number of urea groups is 1. The molecular formula is C4H7N2O. The number of carbonyl (C=O) groups is 1. The van der Waals surface area contributed by atoms with Crippen LogP contribution in [0.1, 0.15) is 12.8 Å². The Balaban J connectivity index is 2.08. The summed E-state index contributed by atoms with van der Waals surface area (Å²) in [6.45, 7) is 0. The standard InChI is InChI=1S/C4H7N2O/c5-4(7)6-3-1-2-3/h3H,1-2H2,(H2,5,7). The van der Waals surface area contributed by atoms with Crippen molar-refractivity contribution in [2.45, 2.75) is 18.9 Å². The fourth-order valence-corrected chi connectivity index (χ4v) is 0.384. The highest BCUT2D eigenvalue weighted by molar-refractivity contribution is 5.71. The Morgan fingerprint density at radius 2 is 2.29 bits per heavy atom. The third-order valence-corrected chi connectivity index (χ3v) is 0.857. The molecule has 1 aliphatic rings. The molecule has 2 amide bonds. The number of nitrogens with two attached hydrogens (primary N) is 1. The lowest BCUT2D eigenvalue weighted by Crippen LogP contribution is -2.23. The molecule has 2 N–H and O–H groups in total. The van der Waals surface area contributed by atoms with E-state index in [9.17, 15) is 4.79 Å². The van der Waals surface area contributed by atoms with E-state index in [-0.39, 0.29) is 6.04 Å². The van der Waals surface area contributed by atoms with Crippen LogP contribution in [0, 0.1) is 0 Å². The van der Waals surface area contributed by atoms with E-state index in [2.05, 4.69) is 5.32 Å². The number of amides is 2. The topological polar surface area (TPSA) is 57.2 Å². The van der Waals surface area contributed by atoms with E-state index < -0.39 is 6.03 Å². The molecule has 0 aromatic heterocycles. The molecular weight excluding hydrogens is 92.1 g/mol. The van der Waals surface area contributed by atoms with Gasteiger partial charge in [0, 0.05) is 0 Å². The zero-order valence-electron chi connectivity index (χ0n) is 3.92. The van der Waals surface area contributed by atoms with Crippen LogP contribution in [0.5, 0.6) is 0 Å². The first-order valence-corrected chi connectivity index (χ1v) is 2.29. The molecule has 3 heteroatoms. The van der Waals surface area contributed by atoms with Crippen molar-refractivity contribution in [3.63, 3.8) is 0 Å². The molecule has 3 nitrogen and oxygen atoms in total. The highest BCUT2D eigenvalue weighted by Gasteiger charge is 2.23. The Bertz CT molecular complexity index is 87.7. The van der Waals surface area contributed by atoms with Gasteiger partial charge in [0.25, 0.3) is 0 Å². The van der Waals surface area contributed by atoms with E-state index in [0.717, 1.165) is 12.8 Å². The summed E-state index contributed by atoms with van der Waals surface area (Å²) in [7, 11) is 0. The number of nitrogens with zero attached hydrogens (tertiary/aromatic N) is 1. The lowest BCUT2D eigenvalue weighted by Gasteiger charge is -1.86. The minimum absolute atomic E-state index is 0.275. The maximum atomic E-state index is 9.91. The Kier molecular flexibility index (Phi) is 0.889. The third-order valence-electron chi connectivity index (χ3n) is 0.857. The first kappa shape index (κ1) is 4.43. The Morgan fingerprint density at radius 3 is 2.43 bits per heavy atom. The fourth-order valence-electron chi connectivity index (χ4n) is 0.384. The van der Waals surface area contributed by atoms with Gasteiger partial charge in [-0.1, -0.05) is 0 Å². The van der Waals surface area contributed by atoms with Gasteiger partial charge in [0.05, 0.1) is 6.04 Å². The van der Waals surface area contributed by atoms with Gasteiger partial charge in [0.2, 0.25) is 0 Å². The Morgan fingerprint density at radius 1 is 1.71 bits per heavy atom. The van der Waals surface area contributed by atoms with Crippen LogP contribution < -0.4 is 11.1 Å². The largest absolute Gasteiger partial charge is 0.350 e. The van der Waals surface area contributed by atoms with Crippen molar-refractivity contribution in [2.75, 3.05) is 0 Å². The number of primary amides is 1. The van der Waals surface area contributed by atoms with E-state index in [0.29, 0.717) is 0 Å². The van der Waals surface area contributed by atoms with E-state index in [1.54, 1.807) is 0 Å².